The average Bonchev–Trinajstić information content (AvgIpc) is 2.02. The Labute approximate surface area is 77.8 Å². The van der Waals surface area contributed by atoms with Crippen LogP contribution in [0.4, 0.5) is 0 Å². The van der Waals surface area contributed by atoms with E-state index < -0.39 is 11.9 Å². The minimum atomic E-state index is -0.902. The number of carboxylic acid groups (broad SMARTS) is 1. The maximum atomic E-state index is 11.2. The summed E-state index contributed by atoms with van der Waals surface area (Å²) in [5.74, 6) is -1.66. The average molecular weight is 185 g/mol. The van der Waals surface area contributed by atoms with Gasteiger partial charge in [0.2, 0.25) is 5.91 Å². The van der Waals surface area contributed by atoms with Crippen molar-refractivity contribution in [1.29, 1.82) is 0 Å². The fraction of sp³-hybridized carbons (Fsp3) is 0.556. The summed E-state index contributed by atoms with van der Waals surface area (Å²) in [5, 5.41) is 8.59. The number of rotatable bonds is 4. The third kappa shape index (κ3) is 3.73. The maximum Gasteiger partial charge on any atom is 0.308 e. The summed E-state index contributed by atoms with van der Waals surface area (Å²) in [6, 6.07) is 0. The van der Waals surface area contributed by atoms with Crippen molar-refractivity contribution < 1.29 is 14.7 Å². The molecule has 4 heteroatoms. The van der Waals surface area contributed by atoms with Gasteiger partial charge in [-0.05, 0) is 6.92 Å². The van der Waals surface area contributed by atoms with Gasteiger partial charge in [0.15, 0.2) is 0 Å². The van der Waals surface area contributed by atoms with Crippen molar-refractivity contribution in [3.05, 3.63) is 12.2 Å². The van der Waals surface area contributed by atoms with Crippen molar-refractivity contribution in [2.45, 2.75) is 13.8 Å². The Balaban J connectivity index is 4.15. The molecular formula is C9H15NO3. The van der Waals surface area contributed by atoms with E-state index >= 15 is 0 Å². The molecule has 0 aliphatic rings. The molecule has 1 N–H and O–H groups in total. The van der Waals surface area contributed by atoms with Crippen molar-refractivity contribution in [3.63, 3.8) is 0 Å². The first-order valence-corrected chi connectivity index (χ1v) is 4.00. The van der Waals surface area contributed by atoms with Crippen molar-refractivity contribution in [1.82, 2.24) is 4.90 Å². The molecule has 0 fully saturated rings. The highest BCUT2D eigenvalue weighted by Crippen LogP contribution is 2.01. The second-order valence-corrected chi connectivity index (χ2v) is 3.21. The minimum absolute atomic E-state index is 0.209. The summed E-state index contributed by atoms with van der Waals surface area (Å²) in [5.41, 5.74) is 0.417. The van der Waals surface area contributed by atoms with Crippen LogP contribution >= 0.6 is 0 Å². The van der Waals surface area contributed by atoms with E-state index in [0.717, 1.165) is 0 Å². The van der Waals surface area contributed by atoms with Crippen molar-refractivity contribution in [2.75, 3.05) is 13.6 Å². The van der Waals surface area contributed by atoms with Crippen LogP contribution in [-0.4, -0.2) is 35.5 Å². The van der Waals surface area contributed by atoms with E-state index in [1.54, 1.807) is 20.9 Å². The first kappa shape index (κ1) is 11.7. The fourth-order valence-electron chi connectivity index (χ4n) is 0.898. The van der Waals surface area contributed by atoms with Gasteiger partial charge in [-0.15, -0.1) is 0 Å². The van der Waals surface area contributed by atoms with Crippen LogP contribution in [0.5, 0.6) is 0 Å². The van der Waals surface area contributed by atoms with Gasteiger partial charge in [0.1, 0.15) is 0 Å². The Morgan fingerprint density at radius 2 is 2.00 bits per heavy atom. The molecule has 0 radical (unpaired) electrons. The number of carbonyl (C=O) groups excluding carboxylic acids is 1. The van der Waals surface area contributed by atoms with Crippen LogP contribution in [0.1, 0.15) is 13.8 Å². The van der Waals surface area contributed by atoms with Gasteiger partial charge >= 0.3 is 5.97 Å². The van der Waals surface area contributed by atoms with E-state index in [1.807, 2.05) is 0 Å². The number of hydrogen-bond acceptors (Lipinski definition) is 2. The zero-order chi connectivity index (χ0) is 10.6. The monoisotopic (exact) mass is 185 g/mol. The molecule has 0 spiro atoms. The number of amides is 1. The van der Waals surface area contributed by atoms with Gasteiger partial charge in [0.25, 0.3) is 0 Å². The Kier molecular flexibility index (Phi) is 4.17. The van der Waals surface area contributed by atoms with Gasteiger partial charge in [0.05, 0.1) is 5.92 Å². The molecule has 4 nitrogen and oxygen atoms in total. The molecule has 0 bridgehead atoms. The summed E-state index contributed by atoms with van der Waals surface area (Å²) in [4.78, 5) is 23.1. The molecule has 0 saturated carbocycles. The Hall–Kier alpha value is -1.32. The van der Waals surface area contributed by atoms with Crippen LogP contribution in [-0.2, 0) is 9.59 Å². The highest BCUT2D eigenvalue weighted by Gasteiger charge is 2.17. The molecule has 0 aliphatic carbocycles. The van der Waals surface area contributed by atoms with E-state index in [-0.39, 0.29) is 12.5 Å². The molecule has 0 aliphatic heterocycles. The predicted octanol–water partition coefficient (Wildman–Crippen LogP) is 0.742. The zero-order valence-corrected chi connectivity index (χ0v) is 8.20. The molecule has 0 aromatic carbocycles. The topological polar surface area (TPSA) is 57.6 Å². The van der Waals surface area contributed by atoms with Crippen LogP contribution in [0.2, 0.25) is 0 Å². The third-order valence-corrected chi connectivity index (χ3v) is 1.68. The van der Waals surface area contributed by atoms with Crippen LogP contribution in [0.3, 0.4) is 0 Å². The lowest BCUT2D eigenvalue weighted by Crippen LogP contribution is -2.33. The highest BCUT2D eigenvalue weighted by molar-refractivity contribution is 5.92. The highest BCUT2D eigenvalue weighted by atomic mass is 16.4. The van der Waals surface area contributed by atoms with Gasteiger partial charge < -0.3 is 10.0 Å². The molecular weight excluding hydrogens is 170 g/mol. The molecule has 0 saturated heterocycles. The molecule has 0 aromatic heterocycles. The number of carboxylic acids is 1. The van der Waals surface area contributed by atoms with Crippen LogP contribution < -0.4 is 0 Å². The molecule has 0 heterocycles. The lowest BCUT2D eigenvalue weighted by atomic mass is 10.1. The van der Waals surface area contributed by atoms with E-state index in [2.05, 4.69) is 6.58 Å². The van der Waals surface area contributed by atoms with E-state index in [9.17, 15) is 9.59 Å². The largest absolute Gasteiger partial charge is 0.481 e. The zero-order valence-electron chi connectivity index (χ0n) is 8.20. The Bertz CT molecular complexity index is 235. The smallest absolute Gasteiger partial charge is 0.308 e. The molecule has 0 rings (SSSR count). The predicted molar refractivity (Wildman–Crippen MR) is 49.3 cm³/mol. The minimum Gasteiger partial charge on any atom is -0.481 e. The van der Waals surface area contributed by atoms with Gasteiger partial charge in [0, 0.05) is 19.2 Å². The first-order chi connectivity index (χ1) is 5.86. The normalized spacial score (nSPS) is 11.9. The summed E-state index contributed by atoms with van der Waals surface area (Å²) in [7, 11) is 1.57. The summed E-state index contributed by atoms with van der Waals surface area (Å²) in [6.07, 6.45) is 0. The third-order valence-electron chi connectivity index (χ3n) is 1.68. The van der Waals surface area contributed by atoms with E-state index in [0.29, 0.717) is 5.57 Å². The molecule has 1 amide bonds. The molecule has 74 valence electrons. The molecule has 1 unspecified atom stereocenters. The van der Waals surface area contributed by atoms with Gasteiger partial charge in [-0.2, -0.15) is 0 Å². The van der Waals surface area contributed by atoms with Gasteiger partial charge in [-0.3, -0.25) is 9.59 Å². The summed E-state index contributed by atoms with van der Waals surface area (Å²) >= 11 is 0. The standard InChI is InChI=1S/C9H15NO3/c1-6(2)8(11)10(4)5-7(3)9(12)13/h7H,1,5H2,2-4H3,(H,12,13). The van der Waals surface area contributed by atoms with Crippen LogP contribution in [0, 0.1) is 5.92 Å². The Morgan fingerprint density at radius 1 is 1.54 bits per heavy atom. The van der Waals surface area contributed by atoms with Crippen molar-refractivity contribution in [2.24, 2.45) is 5.92 Å². The number of likely N-dealkylation sites (N-methyl/N-ethyl adjacent to an activating group) is 1. The lowest BCUT2D eigenvalue weighted by molar-refractivity contribution is -0.142. The van der Waals surface area contributed by atoms with Gasteiger partial charge in [-0.1, -0.05) is 13.5 Å². The lowest BCUT2D eigenvalue weighted by Gasteiger charge is -2.19. The van der Waals surface area contributed by atoms with Crippen LogP contribution in [0.15, 0.2) is 12.2 Å². The number of hydrogen-bond donors (Lipinski definition) is 1. The Morgan fingerprint density at radius 3 is 2.31 bits per heavy atom. The SMILES string of the molecule is C=C(C)C(=O)N(C)CC(C)C(=O)O. The summed E-state index contributed by atoms with van der Waals surface area (Å²) < 4.78 is 0. The second kappa shape index (κ2) is 4.64. The van der Waals surface area contributed by atoms with E-state index in [1.165, 1.54) is 4.90 Å². The maximum absolute atomic E-state index is 11.2. The first-order valence-electron chi connectivity index (χ1n) is 4.00. The quantitative estimate of drug-likeness (QED) is 0.657. The number of nitrogens with zero attached hydrogens (tertiary/aromatic N) is 1. The molecule has 13 heavy (non-hydrogen) atoms. The number of carbonyl (C=O) groups is 2. The van der Waals surface area contributed by atoms with Crippen LogP contribution in [0.25, 0.3) is 0 Å². The van der Waals surface area contributed by atoms with Crippen molar-refractivity contribution >= 4 is 11.9 Å². The second-order valence-electron chi connectivity index (χ2n) is 3.21. The fourth-order valence-corrected chi connectivity index (χ4v) is 0.898. The molecule has 0 aromatic rings. The van der Waals surface area contributed by atoms with Crippen molar-refractivity contribution in [3.8, 4) is 0 Å². The van der Waals surface area contributed by atoms with Gasteiger partial charge in [-0.25, -0.2) is 0 Å². The van der Waals surface area contributed by atoms with E-state index in [4.69, 9.17) is 5.11 Å². The summed E-state index contributed by atoms with van der Waals surface area (Å²) in [6.45, 7) is 6.86. The molecule has 1 atom stereocenters. The number of aliphatic carboxylic acids is 1.